The molecule has 0 atom stereocenters. The van der Waals surface area contributed by atoms with E-state index in [0.29, 0.717) is 5.75 Å². The smallest absolute Gasteiger partial charge is 0.172 e. The van der Waals surface area contributed by atoms with Crippen molar-refractivity contribution < 1.29 is 4.79 Å². The fraction of sp³-hybridized carbons (Fsp3) is 0.235. The third-order valence-electron chi connectivity index (χ3n) is 2.95. The van der Waals surface area contributed by atoms with Crippen molar-refractivity contribution in [3.63, 3.8) is 0 Å². The fourth-order valence-electron chi connectivity index (χ4n) is 2.13. The molecule has 0 fully saturated rings. The van der Waals surface area contributed by atoms with Crippen molar-refractivity contribution >= 4 is 33.5 Å². The summed E-state index contributed by atoms with van der Waals surface area (Å²) in [6, 6.07) is 14.1. The van der Waals surface area contributed by atoms with Crippen molar-refractivity contribution in [2.75, 3.05) is 5.75 Å². The molecule has 0 amide bonds. The van der Waals surface area contributed by atoms with Crippen LogP contribution in [0.4, 0.5) is 0 Å². The lowest BCUT2D eigenvalue weighted by Gasteiger charge is -2.05. The summed E-state index contributed by atoms with van der Waals surface area (Å²) in [5.74, 6) is 1.59. The molecule has 0 aliphatic rings. The molecule has 104 valence electrons. The first-order valence-corrected chi connectivity index (χ1v) is 8.43. The molecule has 0 bridgehead atoms. The van der Waals surface area contributed by atoms with Crippen LogP contribution in [0.3, 0.4) is 0 Å². The number of rotatable bonds is 5. The number of hydrogen-bond acceptors (Lipinski definition) is 2. The summed E-state index contributed by atoms with van der Waals surface area (Å²) >= 11 is 5.04. The molecule has 0 radical (unpaired) electrons. The summed E-state index contributed by atoms with van der Waals surface area (Å²) in [7, 11) is 0. The zero-order valence-electron chi connectivity index (χ0n) is 11.7. The largest absolute Gasteiger partial charge is 0.293 e. The van der Waals surface area contributed by atoms with Gasteiger partial charge in [0.1, 0.15) is 0 Å². The summed E-state index contributed by atoms with van der Waals surface area (Å²) in [4.78, 5) is 12.0. The molecule has 0 heterocycles. The van der Waals surface area contributed by atoms with Gasteiger partial charge in [-0.3, -0.25) is 4.79 Å². The summed E-state index contributed by atoms with van der Waals surface area (Å²) in [6.45, 7) is 4.21. The Bertz CT molecular complexity index is 585. The minimum Gasteiger partial charge on any atom is -0.293 e. The first-order chi connectivity index (χ1) is 9.54. The molecule has 2 aromatic carbocycles. The number of carbonyl (C=O) groups is 1. The van der Waals surface area contributed by atoms with Crippen LogP contribution in [0.1, 0.15) is 27.0 Å². The summed E-state index contributed by atoms with van der Waals surface area (Å²) in [6.07, 6.45) is 0. The van der Waals surface area contributed by atoms with Gasteiger partial charge in [-0.25, -0.2) is 0 Å². The van der Waals surface area contributed by atoms with E-state index in [-0.39, 0.29) is 5.78 Å². The molecule has 20 heavy (non-hydrogen) atoms. The Hall–Kier alpha value is -1.06. The quantitative estimate of drug-likeness (QED) is 0.692. The Balaban J connectivity index is 1.89. The molecular weight excluding hydrogens is 332 g/mol. The van der Waals surface area contributed by atoms with Crippen LogP contribution in [-0.4, -0.2) is 11.5 Å². The molecule has 0 saturated carbocycles. The standard InChI is InChI=1S/C17H17BrOS/c1-12-7-13(2)9-14(8-12)10-20-11-17(19)15-3-5-16(18)6-4-15/h3-9H,10-11H2,1-2H3. The van der Waals surface area contributed by atoms with Gasteiger partial charge in [-0.2, -0.15) is 0 Å². The summed E-state index contributed by atoms with van der Waals surface area (Å²) in [5, 5.41) is 0. The molecule has 0 spiro atoms. The van der Waals surface area contributed by atoms with Crippen LogP contribution in [0.25, 0.3) is 0 Å². The molecule has 0 unspecified atom stereocenters. The van der Waals surface area contributed by atoms with E-state index in [1.807, 2.05) is 24.3 Å². The van der Waals surface area contributed by atoms with Gasteiger partial charge in [-0.05, 0) is 31.5 Å². The SMILES string of the molecule is Cc1cc(C)cc(CSCC(=O)c2ccc(Br)cc2)c1. The van der Waals surface area contributed by atoms with Gasteiger partial charge in [-0.15, -0.1) is 11.8 Å². The molecule has 0 aromatic heterocycles. The summed E-state index contributed by atoms with van der Waals surface area (Å²) in [5.41, 5.74) is 4.62. The molecule has 0 aliphatic carbocycles. The topological polar surface area (TPSA) is 17.1 Å². The second-order valence-corrected chi connectivity index (χ2v) is 6.82. The van der Waals surface area contributed by atoms with E-state index in [4.69, 9.17) is 0 Å². The molecular formula is C17H17BrOS. The zero-order valence-corrected chi connectivity index (χ0v) is 14.1. The van der Waals surface area contributed by atoms with Gasteiger partial charge < -0.3 is 0 Å². The van der Waals surface area contributed by atoms with Gasteiger partial charge in [0.25, 0.3) is 0 Å². The fourth-order valence-corrected chi connectivity index (χ4v) is 3.25. The van der Waals surface area contributed by atoms with Crippen molar-refractivity contribution in [1.29, 1.82) is 0 Å². The second kappa shape index (κ2) is 7.09. The predicted molar refractivity (Wildman–Crippen MR) is 90.6 cm³/mol. The number of halogens is 1. The number of carbonyl (C=O) groups excluding carboxylic acids is 1. The monoisotopic (exact) mass is 348 g/mol. The molecule has 0 N–H and O–H groups in total. The maximum Gasteiger partial charge on any atom is 0.172 e. The highest BCUT2D eigenvalue weighted by Crippen LogP contribution is 2.18. The number of ketones is 1. The van der Waals surface area contributed by atoms with E-state index >= 15 is 0 Å². The lowest BCUT2D eigenvalue weighted by atomic mass is 10.1. The van der Waals surface area contributed by atoms with E-state index in [1.54, 1.807) is 11.8 Å². The normalized spacial score (nSPS) is 10.6. The second-order valence-electron chi connectivity index (χ2n) is 4.92. The van der Waals surface area contributed by atoms with E-state index in [1.165, 1.54) is 16.7 Å². The number of hydrogen-bond donors (Lipinski definition) is 0. The predicted octanol–water partition coefficient (Wildman–Crippen LogP) is 5.18. The lowest BCUT2D eigenvalue weighted by Crippen LogP contribution is -2.02. The maximum atomic E-state index is 12.0. The highest BCUT2D eigenvalue weighted by Gasteiger charge is 2.06. The third-order valence-corrected chi connectivity index (χ3v) is 4.48. The van der Waals surface area contributed by atoms with Gasteiger partial charge in [0.2, 0.25) is 0 Å². The van der Waals surface area contributed by atoms with Crippen molar-refractivity contribution in [1.82, 2.24) is 0 Å². The van der Waals surface area contributed by atoms with E-state index in [2.05, 4.69) is 48.0 Å². The van der Waals surface area contributed by atoms with E-state index in [9.17, 15) is 4.79 Å². The van der Waals surface area contributed by atoms with Crippen LogP contribution in [0.15, 0.2) is 46.9 Å². The lowest BCUT2D eigenvalue weighted by molar-refractivity contribution is 0.102. The maximum absolute atomic E-state index is 12.0. The van der Waals surface area contributed by atoms with Crippen LogP contribution >= 0.6 is 27.7 Å². The molecule has 3 heteroatoms. The number of Topliss-reactive ketones (excluding diaryl/α,β-unsaturated/α-hetero) is 1. The molecule has 0 aliphatic heterocycles. The summed E-state index contributed by atoms with van der Waals surface area (Å²) < 4.78 is 0.997. The van der Waals surface area contributed by atoms with Crippen LogP contribution in [0, 0.1) is 13.8 Å². The van der Waals surface area contributed by atoms with Crippen LogP contribution in [0.5, 0.6) is 0 Å². The van der Waals surface area contributed by atoms with Gasteiger partial charge in [-0.1, -0.05) is 57.4 Å². The Morgan fingerprint density at radius 2 is 1.65 bits per heavy atom. The number of aryl methyl sites for hydroxylation is 2. The van der Waals surface area contributed by atoms with Crippen LogP contribution < -0.4 is 0 Å². The minimum absolute atomic E-state index is 0.187. The molecule has 2 rings (SSSR count). The van der Waals surface area contributed by atoms with Crippen molar-refractivity contribution in [3.8, 4) is 0 Å². The third kappa shape index (κ3) is 4.50. The molecule has 1 nitrogen and oxygen atoms in total. The Morgan fingerprint density at radius 1 is 1.05 bits per heavy atom. The first kappa shape index (κ1) is 15.3. The van der Waals surface area contributed by atoms with Gasteiger partial charge in [0.15, 0.2) is 5.78 Å². The highest BCUT2D eigenvalue weighted by atomic mass is 79.9. The van der Waals surface area contributed by atoms with Crippen LogP contribution in [-0.2, 0) is 5.75 Å². The Labute approximate surface area is 132 Å². The van der Waals surface area contributed by atoms with Crippen molar-refractivity contribution in [3.05, 3.63) is 69.2 Å². The van der Waals surface area contributed by atoms with Gasteiger partial charge >= 0.3 is 0 Å². The number of thioether (sulfide) groups is 1. The molecule has 0 saturated heterocycles. The zero-order chi connectivity index (χ0) is 14.5. The average Bonchev–Trinajstić information content (AvgIpc) is 2.38. The van der Waals surface area contributed by atoms with E-state index in [0.717, 1.165) is 15.8 Å². The van der Waals surface area contributed by atoms with Gasteiger partial charge in [0, 0.05) is 15.8 Å². The minimum atomic E-state index is 0.187. The Kier molecular flexibility index (Phi) is 5.44. The number of benzene rings is 2. The van der Waals surface area contributed by atoms with Crippen molar-refractivity contribution in [2.45, 2.75) is 19.6 Å². The highest BCUT2D eigenvalue weighted by molar-refractivity contribution is 9.10. The van der Waals surface area contributed by atoms with E-state index < -0.39 is 0 Å². The Morgan fingerprint density at radius 3 is 2.25 bits per heavy atom. The molecule has 2 aromatic rings. The average molecular weight is 349 g/mol. The van der Waals surface area contributed by atoms with Crippen molar-refractivity contribution in [2.24, 2.45) is 0 Å². The first-order valence-electron chi connectivity index (χ1n) is 6.48. The van der Waals surface area contributed by atoms with Crippen LogP contribution in [0.2, 0.25) is 0 Å². The van der Waals surface area contributed by atoms with Gasteiger partial charge in [0.05, 0.1) is 5.75 Å².